The van der Waals surface area contributed by atoms with Gasteiger partial charge in [0, 0.05) is 17.8 Å². The Hall–Kier alpha value is -3.75. The van der Waals surface area contributed by atoms with E-state index in [4.69, 9.17) is 0 Å². The van der Waals surface area contributed by atoms with Gasteiger partial charge in [0.1, 0.15) is 5.82 Å². The number of ether oxygens (including phenoxy) is 2. The smallest absolute Gasteiger partial charge is 0.395 e. The molecular formula is C23H19F2N3O4. The number of carbonyl (C=O) groups excluding carboxylic acids is 1. The molecule has 1 aliphatic heterocycles. The summed E-state index contributed by atoms with van der Waals surface area (Å²) in [6, 6.07) is 9.53. The molecule has 7 nitrogen and oxygen atoms in total. The van der Waals surface area contributed by atoms with Crippen LogP contribution in [0.2, 0.25) is 0 Å². The molecule has 0 unspecified atom stereocenters. The Balaban J connectivity index is 1.42. The number of aromatic nitrogens is 2. The van der Waals surface area contributed by atoms with E-state index in [1.807, 2.05) is 19.9 Å². The molecule has 2 N–H and O–H groups in total. The van der Waals surface area contributed by atoms with Crippen molar-refractivity contribution in [3.05, 3.63) is 69.6 Å². The normalized spacial score (nSPS) is 17.1. The van der Waals surface area contributed by atoms with Crippen LogP contribution in [-0.4, -0.2) is 22.2 Å². The fourth-order valence-electron chi connectivity index (χ4n) is 3.97. The van der Waals surface area contributed by atoms with E-state index < -0.39 is 11.7 Å². The summed E-state index contributed by atoms with van der Waals surface area (Å²) in [6.07, 6.45) is -0.962. The largest absolute Gasteiger partial charge is 0.586 e. The van der Waals surface area contributed by atoms with Gasteiger partial charge < -0.3 is 19.8 Å². The molecule has 9 heteroatoms. The molecule has 2 aliphatic rings. The van der Waals surface area contributed by atoms with Crippen molar-refractivity contribution >= 4 is 11.7 Å². The van der Waals surface area contributed by atoms with Gasteiger partial charge in [-0.2, -0.15) is 0 Å². The topological polar surface area (TPSA) is 93.3 Å². The molecule has 3 aromatic rings. The zero-order valence-electron chi connectivity index (χ0n) is 17.3. The average Bonchev–Trinajstić information content (AvgIpc) is 3.44. The maximum atomic E-state index is 13.3. The minimum absolute atomic E-state index is 0.0591. The quantitative estimate of drug-likeness (QED) is 0.640. The van der Waals surface area contributed by atoms with Crippen molar-refractivity contribution < 1.29 is 23.0 Å². The fraction of sp³-hybridized carbons (Fsp3) is 0.261. The molecule has 0 spiro atoms. The number of H-pyrrole nitrogens is 1. The van der Waals surface area contributed by atoms with Crippen molar-refractivity contribution in [2.75, 3.05) is 5.32 Å². The molecule has 2 aromatic heterocycles. The first-order valence-corrected chi connectivity index (χ1v) is 10.1. The van der Waals surface area contributed by atoms with Crippen LogP contribution in [-0.2, 0) is 10.2 Å². The molecule has 3 heterocycles. The minimum Gasteiger partial charge on any atom is -0.395 e. The van der Waals surface area contributed by atoms with E-state index in [0.29, 0.717) is 29.9 Å². The fourth-order valence-corrected chi connectivity index (χ4v) is 3.97. The van der Waals surface area contributed by atoms with Crippen molar-refractivity contribution in [2.24, 2.45) is 0 Å². The lowest BCUT2D eigenvalue weighted by Gasteiger charge is -2.17. The Bertz CT molecular complexity index is 1310. The third-order valence-electron chi connectivity index (χ3n) is 5.76. The predicted molar refractivity (Wildman–Crippen MR) is 112 cm³/mol. The average molecular weight is 439 g/mol. The van der Waals surface area contributed by atoms with Crippen LogP contribution >= 0.6 is 0 Å². The maximum Gasteiger partial charge on any atom is 0.586 e. The van der Waals surface area contributed by atoms with E-state index in [9.17, 15) is 18.4 Å². The number of nitrogens with one attached hydrogen (secondary N) is 2. The zero-order chi connectivity index (χ0) is 22.7. The number of fused-ring (bicyclic) bond motifs is 1. The number of aromatic amines is 1. The number of alkyl halides is 2. The summed E-state index contributed by atoms with van der Waals surface area (Å²) in [5.41, 5.74) is 2.55. The van der Waals surface area contributed by atoms with Crippen LogP contribution in [0.25, 0.3) is 11.3 Å². The molecule has 1 saturated carbocycles. The molecule has 164 valence electrons. The van der Waals surface area contributed by atoms with Gasteiger partial charge in [0.15, 0.2) is 11.5 Å². The molecule has 0 radical (unpaired) electrons. The van der Waals surface area contributed by atoms with E-state index in [0.717, 1.165) is 16.7 Å². The number of nitrogens with zero attached hydrogens (tertiary/aromatic N) is 1. The molecule has 1 fully saturated rings. The number of pyridine rings is 2. The van der Waals surface area contributed by atoms with Gasteiger partial charge in [0.25, 0.3) is 0 Å². The Morgan fingerprint density at radius 2 is 1.84 bits per heavy atom. The molecule has 1 aromatic carbocycles. The van der Waals surface area contributed by atoms with Gasteiger partial charge in [-0.15, -0.1) is 8.78 Å². The number of hydrogen-bond acceptors (Lipinski definition) is 5. The van der Waals surface area contributed by atoms with Crippen molar-refractivity contribution in [3.8, 4) is 22.8 Å². The zero-order valence-corrected chi connectivity index (χ0v) is 17.3. The Kier molecular flexibility index (Phi) is 4.34. The molecular weight excluding hydrogens is 420 g/mol. The first-order valence-electron chi connectivity index (χ1n) is 10.1. The molecule has 1 aliphatic carbocycles. The maximum absolute atomic E-state index is 13.3. The van der Waals surface area contributed by atoms with E-state index >= 15 is 0 Å². The molecule has 0 bridgehead atoms. The first-order chi connectivity index (χ1) is 15.1. The highest BCUT2D eigenvalue weighted by atomic mass is 19.3. The van der Waals surface area contributed by atoms with Crippen LogP contribution in [0.1, 0.15) is 29.5 Å². The van der Waals surface area contributed by atoms with Crippen LogP contribution < -0.4 is 20.3 Å². The lowest BCUT2D eigenvalue weighted by atomic mass is 9.94. The highest BCUT2D eigenvalue weighted by molar-refractivity contribution is 6.01. The number of carbonyl (C=O) groups is 1. The highest BCUT2D eigenvalue weighted by Gasteiger charge is 2.53. The second kappa shape index (κ2) is 6.88. The number of aryl methyl sites for hydroxylation is 2. The minimum atomic E-state index is -3.71. The standard InChI is InChI=1S/C23H19F2N3O4/c1-12-7-16(15-11-26-20(29)9-13(15)2)27-19(8-12)28-21(30)22(5-6-22)14-3-4-17-18(10-14)32-23(24,25)31-17/h3-4,7-11H,5-6H2,1-2H3,(H,26,29)(H,27,28,30). The Morgan fingerprint density at radius 3 is 2.56 bits per heavy atom. The summed E-state index contributed by atoms with van der Waals surface area (Å²) >= 11 is 0. The summed E-state index contributed by atoms with van der Waals surface area (Å²) in [7, 11) is 0. The number of benzene rings is 1. The Labute approximate surface area is 181 Å². The number of halogens is 2. The van der Waals surface area contributed by atoms with Crippen LogP contribution in [0.5, 0.6) is 11.5 Å². The molecule has 0 atom stereocenters. The van der Waals surface area contributed by atoms with Crippen molar-refractivity contribution in [1.82, 2.24) is 9.97 Å². The summed E-state index contributed by atoms with van der Waals surface area (Å²) in [6.45, 7) is 3.70. The van der Waals surface area contributed by atoms with Crippen molar-refractivity contribution in [3.63, 3.8) is 0 Å². The van der Waals surface area contributed by atoms with E-state index in [1.165, 1.54) is 18.2 Å². The van der Waals surface area contributed by atoms with Crippen LogP contribution in [0, 0.1) is 13.8 Å². The lowest BCUT2D eigenvalue weighted by Crippen LogP contribution is -2.28. The van der Waals surface area contributed by atoms with Crippen LogP contribution in [0.15, 0.2) is 47.4 Å². The molecule has 32 heavy (non-hydrogen) atoms. The molecule has 5 rings (SSSR count). The first kappa shape index (κ1) is 20.2. The monoisotopic (exact) mass is 439 g/mol. The van der Waals surface area contributed by atoms with Gasteiger partial charge in [-0.3, -0.25) is 9.59 Å². The number of anilines is 1. The number of hydrogen-bond donors (Lipinski definition) is 2. The van der Waals surface area contributed by atoms with Gasteiger partial charge in [-0.25, -0.2) is 4.98 Å². The third-order valence-corrected chi connectivity index (χ3v) is 5.76. The van der Waals surface area contributed by atoms with Crippen molar-refractivity contribution in [1.29, 1.82) is 0 Å². The second-order valence-electron chi connectivity index (χ2n) is 8.17. The molecule has 0 saturated heterocycles. The second-order valence-corrected chi connectivity index (χ2v) is 8.17. The summed E-state index contributed by atoms with van der Waals surface area (Å²) in [5, 5.41) is 2.87. The highest BCUT2D eigenvalue weighted by Crippen LogP contribution is 2.52. The molecule has 1 amide bonds. The third kappa shape index (κ3) is 3.49. The predicted octanol–water partition coefficient (Wildman–Crippen LogP) is 4.05. The van der Waals surface area contributed by atoms with E-state index in [-0.39, 0.29) is 23.0 Å². The van der Waals surface area contributed by atoms with Gasteiger partial charge in [-0.1, -0.05) is 6.07 Å². The van der Waals surface area contributed by atoms with Crippen molar-refractivity contribution in [2.45, 2.75) is 38.4 Å². The number of amides is 1. The summed E-state index contributed by atoms with van der Waals surface area (Å²) in [5.74, 6) is -0.0492. The summed E-state index contributed by atoms with van der Waals surface area (Å²) < 4.78 is 35.6. The number of rotatable bonds is 4. The lowest BCUT2D eigenvalue weighted by molar-refractivity contribution is -0.286. The Morgan fingerprint density at radius 1 is 1.09 bits per heavy atom. The van der Waals surface area contributed by atoms with Gasteiger partial charge in [-0.05, 0) is 67.6 Å². The van der Waals surface area contributed by atoms with E-state index in [1.54, 1.807) is 18.3 Å². The van der Waals surface area contributed by atoms with Gasteiger partial charge in [0.05, 0.1) is 11.1 Å². The SMILES string of the molecule is Cc1cc(NC(=O)C2(c3ccc4c(c3)OC(F)(F)O4)CC2)nc(-c2c[nH]c(=O)cc2C)c1. The van der Waals surface area contributed by atoms with Gasteiger partial charge in [0.2, 0.25) is 11.5 Å². The van der Waals surface area contributed by atoms with Crippen LogP contribution in [0.4, 0.5) is 14.6 Å². The summed E-state index contributed by atoms with van der Waals surface area (Å²) in [4.78, 5) is 31.9. The van der Waals surface area contributed by atoms with Gasteiger partial charge >= 0.3 is 6.29 Å². The van der Waals surface area contributed by atoms with Crippen LogP contribution in [0.3, 0.4) is 0 Å². The van der Waals surface area contributed by atoms with E-state index in [2.05, 4.69) is 24.8 Å².